The number of hydrogen-bond donors (Lipinski definition) is 3. The minimum atomic E-state index is -4.68. The van der Waals surface area contributed by atoms with E-state index in [1.54, 1.807) is 0 Å². The quantitative estimate of drug-likeness (QED) is 0.431. The molecule has 0 aromatic heterocycles. The summed E-state index contributed by atoms with van der Waals surface area (Å²) < 4.78 is 83.2. The fourth-order valence-corrected chi connectivity index (χ4v) is 2.79. The Morgan fingerprint density at radius 2 is 1.48 bits per heavy atom. The van der Waals surface area contributed by atoms with Gasteiger partial charge in [0.1, 0.15) is 12.4 Å². The molecular weight excluding hydrogens is 476 g/mol. The zero-order valence-electron chi connectivity index (χ0n) is 17.3. The maximum absolute atomic E-state index is 13.4. The zero-order valence-corrected chi connectivity index (χ0v) is 18.1. The normalized spacial score (nSPS) is 12.6. The van der Waals surface area contributed by atoms with Crippen molar-refractivity contribution in [3.8, 4) is 5.75 Å². The van der Waals surface area contributed by atoms with Gasteiger partial charge in [-0.1, -0.05) is 24.3 Å². The fraction of sp³-hybridized carbons (Fsp3) is 0.364. The van der Waals surface area contributed by atoms with Crippen LogP contribution in [0, 0.1) is 0 Å². The van der Waals surface area contributed by atoms with Crippen molar-refractivity contribution in [2.24, 2.45) is 5.73 Å². The predicted octanol–water partition coefficient (Wildman–Crippen LogP) is 4.85. The molecule has 4 N–H and O–H groups in total. The van der Waals surface area contributed by atoms with Crippen molar-refractivity contribution in [3.63, 3.8) is 0 Å². The van der Waals surface area contributed by atoms with Crippen molar-refractivity contribution in [2.45, 2.75) is 30.7 Å². The zero-order chi connectivity index (χ0) is 24.0. The van der Waals surface area contributed by atoms with Gasteiger partial charge in [0.2, 0.25) is 0 Å². The molecule has 0 aliphatic carbocycles. The molecule has 0 heterocycles. The van der Waals surface area contributed by atoms with Gasteiger partial charge in [0.15, 0.2) is 0 Å². The van der Waals surface area contributed by atoms with Crippen molar-refractivity contribution in [3.05, 3.63) is 70.8 Å². The van der Waals surface area contributed by atoms with E-state index in [0.717, 1.165) is 18.2 Å². The Kier molecular flexibility index (Phi) is 10.2. The van der Waals surface area contributed by atoms with Crippen LogP contribution < -0.4 is 10.5 Å². The standard InChI is InChI=1S/C22H23F6NO3.ClH/c23-21(24,25)17-6-3-15(4-7-17)2-1-11-32-19-8-5-16(12-18(19)22(26,27)28)9-10-20(29,13-30)14-31;/h1-8,12,30-31H,9-11,13-14,29H2;1H/b2-1+;. The van der Waals surface area contributed by atoms with Gasteiger partial charge in [-0.25, -0.2) is 0 Å². The summed E-state index contributed by atoms with van der Waals surface area (Å²) >= 11 is 0. The van der Waals surface area contributed by atoms with Gasteiger partial charge in [0.05, 0.1) is 29.9 Å². The summed E-state index contributed by atoms with van der Waals surface area (Å²) in [6.45, 7) is -1.26. The third-order valence-corrected chi connectivity index (χ3v) is 4.77. The van der Waals surface area contributed by atoms with Gasteiger partial charge >= 0.3 is 12.4 Å². The van der Waals surface area contributed by atoms with Crippen LogP contribution in [-0.4, -0.2) is 35.6 Å². The lowest BCUT2D eigenvalue weighted by Crippen LogP contribution is -2.47. The molecule has 0 bridgehead atoms. The average Bonchev–Trinajstić information content (AvgIpc) is 2.74. The molecule has 0 atom stereocenters. The molecule has 4 nitrogen and oxygen atoms in total. The minimum absolute atomic E-state index is 0. The van der Waals surface area contributed by atoms with Crippen molar-refractivity contribution in [2.75, 3.05) is 19.8 Å². The molecule has 184 valence electrons. The summed E-state index contributed by atoms with van der Waals surface area (Å²) in [6, 6.07) is 7.82. The first-order chi connectivity index (χ1) is 14.9. The molecule has 0 radical (unpaired) electrons. The van der Waals surface area contributed by atoms with Gasteiger partial charge in [-0.2, -0.15) is 26.3 Å². The third kappa shape index (κ3) is 8.54. The summed E-state index contributed by atoms with van der Waals surface area (Å²) in [5.41, 5.74) is 3.40. The number of aliphatic hydroxyl groups is 2. The first kappa shape index (κ1) is 28.8. The van der Waals surface area contributed by atoms with Crippen LogP contribution in [0.25, 0.3) is 6.08 Å². The van der Waals surface area contributed by atoms with E-state index in [1.165, 1.54) is 36.4 Å². The maximum Gasteiger partial charge on any atom is 0.419 e. The van der Waals surface area contributed by atoms with Crippen LogP contribution in [0.15, 0.2) is 48.5 Å². The number of rotatable bonds is 9. The highest BCUT2D eigenvalue weighted by Crippen LogP contribution is 2.37. The molecule has 2 aromatic rings. The summed E-state index contributed by atoms with van der Waals surface area (Å²) in [5, 5.41) is 18.4. The Balaban J connectivity index is 0.00000544. The van der Waals surface area contributed by atoms with Crippen LogP contribution in [0.4, 0.5) is 26.3 Å². The van der Waals surface area contributed by atoms with Gasteiger partial charge in [-0.3, -0.25) is 0 Å². The van der Waals surface area contributed by atoms with E-state index in [1.807, 2.05) is 0 Å². The van der Waals surface area contributed by atoms with Crippen LogP contribution in [0.1, 0.15) is 28.7 Å². The minimum Gasteiger partial charge on any atom is -0.489 e. The second kappa shape index (κ2) is 11.7. The Bertz CT molecular complexity index is 910. The highest BCUT2D eigenvalue weighted by Gasteiger charge is 2.35. The molecule has 0 saturated carbocycles. The molecule has 0 aliphatic heterocycles. The number of aliphatic hydroxyl groups excluding tert-OH is 2. The summed E-state index contributed by atoms with van der Waals surface area (Å²) in [5.74, 6) is -0.401. The Morgan fingerprint density at radius 3 is 2.00 bits per heavy atom. The molecule has 11 heteroatoms. The molecule has 2 aromatic carbocycles. The number of hydrogen-bond acceptors (Lipinski definition) is 4. The molecule has 0 spiro atoms. The van der Waals surface area contributed by atoms with Gasteiger partial charge in [0, 0.05) is 0 Å². The van der Waals surface area contributed by atoms with E-state index < -0.39 is 48.0 Å². The highest BCUT2D eigenvalue weighted by molar-refractivity contribution is 5.85. The summed E-state index contributed by atoms with van der Waals surface area (Å²) in [7, 11) is 0. The van der Waals surface area contributed by atoms with Crippen LogP contribution in [0.3, 0.4) is 0 Å². The highest BCUT2D eigenvalue weighted by atomic mass is 35.5. The summed E-state index contributed by atoms with van der Waals surface area (Å²) in [4.78, 5) is 0. The van der Waals surface area contributed by atoms with Crippen molar-refractivity contribution in [1.29, 1.82) is 0 Å². The van der Waals surface area contributed by atoms with Crippen molar-refractivity contribution >= 4 is 18.5 Å². The van der Waals surface area contributed by atoms with Gasteiger partial charge in [0.25, 0.3) is 0 Å². The Labute approximate surface area is 193 Å². The van der Waals surface area contributed by atoms with Crippen LogP contribution in [0.5, 0.6) is 5.75 Å². The number of alkyl halides is 6. The number of ether oxygens (including phenoxy) is 1. The van der Waals surface area contributed by atoms with E-state index >= 15 is 0 Å². The fourth-order valence-electron chi connectivity index (χ4n) is 2.79. The molecule has 0 aliphatic rings. The molecule has 0 saturated heterocycles. The molecule has 0 fully saturated rings. The number of halogens is 7. The van der Waals surface area contributed by atoms with Crippen molar-refractivity contribution in [1.82, 2.24) is 0 Å². The second-order valence-corrected chi connectivity index (χ2v) is 7.34. The van der Waals surface area contributed by atoms with E-state index in [-0.39, 0.29) is 31.9 Å². The van der Waals surface area contributed by atoms with E-state index in [4.69, 9.17) is 10.5 Å². The van der Waals surface area contributed by atoms with Crippen LogP contribution in [0.2, 0.25) is 0 Å². The predicted molar refractivity (Wildman–Crippen MR) is 114 cm³/mol. The summed E-state index contributed by atoms with van der Waals surface area (Å²) in [6.07, 6.45) is -6.12. The Hall–Kier alpha value is -2.27. The van der Waals surface area contributed by atoms with Gasteiger partial charge in [-0.15, -0.1) is 12.4 Å². The molecule has 33 heavy (non-hydrogen) atoms. The van der Waals surface area contributed by atoms with Crippen LogP contribution >= 0.6 is 12.4 Å². The maximum atomic E-state index is 13.4. The topological polar surface area (TPSA) is 75.7 Å². The number of nitrogens with two attached hydrogens (primary N) is 1. The van der Waals surface area contributed by atoms with Gasteiger partial charge < -0.3 is 20.7 Å². The molecule has 0 unspecified atom stereocenters. The van der Waals surface area contributed by atoms with Crippen LogP contribution in [-0.2, 0) is 18.8 Å². The molecular formula is C22H24ClF6NO3. The lowest BCUT2D eigenvalue weighted by molar-refractivity contribution is -0.139. The lowest BCUT2D eigenvalue weighted by Gasteiger charge is -2.24. The van der Waals surface area contributed by atoms with Gasteiger partial charge in [-0.05, 0) is 54.3 Å². The number of benzene rings is 2. The Morgan fingerprint density at radius 1 is 0.879 bits per heavy atom. The lowest BCUT2D eigenvalue weighted by atomic mass is 9.93. The third-order valence-electron chi connectivity index (χ3n) is 4.77. The molecule has 0 amide bonds. The largest absolute Gasteiger partial charge is 0.489 e. The monoisotopic (exact) mass is 499 g/mol. The van der Waals surface area contributed by atoms with E-state index in [0.29, 0.717) is 11.1 Å². The smallest absolute Gasteiger partial charge is 0.419 e. The van der Waals surface area contributed by atoms with E-state index in [2.05, 4.69) is 0 Å². The number of aryl methyl sites for hydroxylation is 1. The van der Waals surface area contributed by atoms with Crippen molar-refractivity contribution < 1.29 is 41.3 Å². The second-order valence-electron chi connectivity index (χ2n) is 7.34. The first-order valence-corrected chi connectivity index (χ1v) is 9.55. The molecule has 2 rings (SSSR count). The first-order valence-electron chi connectivity index (χ1n) is 9.55. The average molecular weight is 500 g/mol. The van der Waals surface area contributed by atoms with E-state index in [9.17, 15) is 36.6 Å². The SMILES string of the molecule is Cl.NC(CO)(CO)CCc1ccc(OC/C=C/c2ccc(C(F)(F)F)cc2)c(C(F)(F)F)c1.